The van der Waals surface area contributed by atoms with Crippen LogP contribution in [0.3, 0.4) is 0 Å². The Morgan fingerprint density at radius 3 is 2.12 bits per heavy atom. The van der Waals surface area contributed by atoms with E-state index in [0.717, 1.165) is 38.9 Å². The Bertz CT molecular complexity index is 1940. The van der Waals surface area contributed by atoms with Crippen molar-refractivity contribution in [2.45, 2.75) is 6.18 Å². The van der Waals surface area contributed by atoms with Gasteiger partial charge in [0.2, 0.25) is 0 Å². The van der Waals surface area contributed by atoms with Gasteiger partial charge in [0.05, 0.1) is 46.1 Å². The second-order valence-corrected chi connectivity index (χ2v) is 10.2. The number of rotatable bonds is 3. The van der Waals surface area contributed by atoms with Crippen LogP contribution in [0.2, 0.25) is 0 Å². The summed E-state index contributed by atoms with van der Waals surface area (Å²) in [5, 5.41) is 2.34. The third kappa shape index (κ3) is 5.64. The van der Waals surface area contributed by atoms with E-state index in [4.69, 9.17) is 0 Å². The van der Waals surface area contributed by atoms with Crippen molar-refractivity contribution < 1.29 is 13.2 Å². The summed E-state index contributed by atoms with van der Waals surface area (Å²) in [4.78, 5) is 8.48. The van der Waals surface area contributed by atoms with Gasteiger partial charge in [-0.2, -0.15) is 13.2 Å². The average Bonchev–Trinajstić information content (AvgIpc) is 3.62. The molecule has 0 amide bonds. The lowest BCUT2D eigenvalue weighted by Crippen LogP contribution is -2.04. The van der Waals surface area contributed by atoms with Crippen LogP contribution in [0.1, 0.15) is 5.56 Å². The lowest BCUT2D eigenvalue weighted by atomic mass is 10.1. The Balaban J connectivity index is 0.000000162. The molecule has 4 aromatic heterocycles. The maximum absolute atomic E-state index is 12.9. The number of nitrogens with zero attached hydrogens (tertiary/aromatic N) is 4. The van der Waals surface area contributed by atoms with Gasteiger partial charge >= 0.3 is 6.18 Å². The average molecular weight is 611 g/mol. The van der Waals surface area contributed by atoms with Crippen LogP contribution in [0.5, 0.6) is 0 Å². The normalized spacial score (nSPS) is 11.4. The van der Waals surface area contributed by atoms with Crippen molar-refractivity contribution in [3.05, 3.63) is 144 Å². The summed E-state index contributed by atoms with van der Waals surface area (Å²) >= 11 is 3.48. The molecule has 7 rings (SSSR count). The van der Waals surface area contributed by atoms with Crippen LogP contribution in [-0.2, 0) is 6.18 Å². The molecule has 0 fully saturated rings. The second kappa shape index (κ2) is 11.1. The Labute approximate surface area is 242 Å². The summed E-state index contributed by atoms with van der Waals surface area (Å²) in [6, 6.07) is 31.1. The van der Waals surface area contributed by atoms with Crippen LogP contribution < -0.4 is 0 Å². The van der Waals surface area contributed by atoms with E-state index < -0.39 is 11.7 Å². The Hall–Kier alpha value is -4.69. The first-order chi connectivity index (χ1) is 19.9. The van der Waals surface area contributed by atoms with Gasteiger partial charge in [-0.05, 0) is 78.2 Å². The Kier molecular flexibility index (Phi) is 7.15. The quantitative estimate of drug-likeness (QED) is 0.200. The summed E-state index contributed by atoms with van der Waals surface area (Å²) in [5.41, 5.74) is 4.46. The van der Waals surface area contributed by atoms with Gasteiger partial charge in [0.25, 0.3) is 0 Å². The van der Waals surface area contributed by atoms with Gasteiger partial charge in [0.15, 0.2) is 0 Å². The van der Waals surface area contributed by atoms with Crippen LogP contribution >= 0.6 is 15.9 Å². The summed E-state index contributed by atoms with van der Waals surface area (Å²) in [7, 11) is 0. The highest BCUT2D eigenvalue weighted by molar-refractivity contribution is 9.10. The standard InChI is InChI=1S/C20H13F3N2.C13H9BrN2/c21-20(22,23)16-6-3-5-15(12-16)18-9-8-17(13-24-18)25-11-10-14-4-1-2-7-19(14)25;14-11-3-4-13-10(8-11)5-7-16(13)12-2-1-6-15-9-12/h1-13H;1-9H. The zero-order valence-corrected chi connectivity index (χ0v) is 23.1. The number of halogens is 4. The van der Waals surface area contributed by atoms with Gasteiger partial charge in [0, 0.05) is 34.0 Å². The molecule has 0 saturated carbocycles. The summed E-state index contributed by atoms with van der Waals surface area (Å²) < 4.78 is 43.8. The van der Waals surface area contributed by atoms with Gasteiger partial charge in [0.1, 0.15) is 0 Å². The van der Waals surface area contributed by atoms with Crippen molar-refractivity contribution in [2.75, 3.05) is 0 Å². The number of alkyl halides is 3. The molecule has 0 unspecified atom stereocenters. The molecule has 202 valence electrons. The smallest absolute Gasteiger partial charge is 0.315 e. The van der Waals surface area contributed by atoms with E-state index in [2.05, 4.69) is 67.0 Å². The lowest BCUT2D eigenvalue weighted by molar-refractivity contribution is -0.137. The van der Waals surface area contributed by atoms with E-state index in [1.54, 1.807) is 24.5 Å². The predicted octanol–water partition coefficient (Wildman–Crippen LogP) is 9.50. The summed E-state index contributed by atoms with van der Waals surface area (Å²) in [5.74, 6) is 0. The minimum Gasteiger partial charge on any atom is -0.315 e. The minimum atomic E-state index is -4.36. The van der Waals surface area contributed by atoms with Crippen LogP contribution in [-0.4, -0.2) is 19.1 Å². The number of hydrogen-bond acceptors (Lipinski definition) is 2. The maximum Gasteiger partial charge on any atom is 0.416 e. The van der Waals surface area contributed by atoms with Crippen LogP contribution in [0.15, 0.2) is 139 Å². The SMILES string of the molecule is Brc1ccc2c(ccn2-c2cccnc2)c1.FC(F)(F)c1cccc(-c2ccc(-n3ccc4ccccc43)cn2)c1. The van der Waals surface area contributed by atoms with Crippen LogP contribution in [0, 0.1) is 0 Å². The van der Waals surface area contributed by atoms with E-state index >= 15 is 0 Å². The predicted molar refractivity (Wildman–Crippen MR) is 160 cm³/mol. The molecule has 0 spiro atoms. The fraction of sp³-hybridized carbons (Fsp3) is 0.0303. The number of hydrogen-bond donors (Lipinski definition) is 0. The van der Waals surface area contributed by atoms with Crippen molar-refractivity contribution in [3.63, 3.8) is 0 Å². The zero-order chi connectivity index (χ0) is 28.4. The molecule has 4 heterocycles. The number of para-hydroxylation sites is 1. The van der Waals surface area contributed by atoms with Crippen molar-refractivity contribution in [2.24, 2.45) is 0 Å². The summed E-state index contributed by atoms with van der Waals surface area (Å²) in [6.07, 6.45) is 4.97. The number of fused-ring (bicyclic) bond motifs is 2. The van der Waals surface area contributed by atoms with Gasteiger partial charge in [-0.3, -0.25) is 9.97 Å². The monoisotopic (exact) mass is 610 g/mol. The zero-order valence-electron chi connectivity index (χ0n) is 21.5. The number of aromatic nitrogens is 4. The highest BCUT2D eigenvalue weighted by Crippen LogP contribution is 2.32. The van der Waals surface area contributed by atoms with Crippen LogP contribution in [0.4, 0.5) is 13.2 Å². The molecule has 0 atom stereocenters. The van der Waals surface area contributed by atoms with Crippen molar-refractivity contribution >= 4 is 37.7 Å². The van der Waals surface area contributed by atoms with Crippen LogP contribution in [0.25, 0.3) is 44.4 Å². The van der Waals surface area contributed by atoms with E-state index in [1.807, 2.05) is 59.4 Å². The fourth-order valence-electron chi connectivity index (χ4n) is 4.70. The fourth-order valence-corrected chi connectivity index (χ4v) is 5.08. The van der Waals surface area contributed by atoms with E-state index in [0.29, 0.717) is 11.3 Å². The first kappa shape index (κ1) is 26.5. The first-order valence-corrected chi connectivity index (χ1v) is 13.5. The topological polar surface area (TPSA) is 35.6 Å². The minimum absolute atomic E-state index is 0.443. The molecular weight excluding hydrogens is 589 g/mol. The molecule has 41 heavy (non-hydrogen) atoms. The summed E-state index contributed by atoms with van der Waals surface area (Å²) in [6.45, 7) is 0. The number of pyridine rings is 2. The van der Waals surface area contributed by atoms with E-state index in [9.17, 15) is 13.2 Å². The Morgan fingerprint density at radius 1 is 0.634 bits per heavy atom. The molecule has 0 aliphatic heterocycles. The molecule has 0 radical (unpaired) electrons. The molecule has 3 aromatic carbocycles. The third-order valence-electron chi connectivity index (χ3n) is 6.69. The molecule has 0 aliphatic carbocycles. The maximum atomic E-state index is 12.9. The van der Waals surface area contributed by atoms with Crippen molar-refractivity contribution in [1.82, 2.24) is 19.1 Å². The first-order valence-electron chi connectivity index (χ1n) is 12.7. The second-order valence-electron chi connectivity index (χ2n) is 9.32. The lowest BCUT2D eigenvalue weighted by Gasteiger charge is -2.09. The van der Waals surface area contributed by atoms with Gasteiger partial charge in [-0.25, -0.2) is 0 Å². The molecule has 7 aromatic rings. The molecule has 0 aliphatic rings. The molecule has 8 heteroatoms. The Morgan fingerprint density at radius 2 is 1.39 bits per heavy atom. The molecule has 0 bridgehead atoms. The molecular formula is C33H22BrF3N4. The molecule has 4 nitrogen and oxygen atoms in total. The molecule has 0 saturated heterocycles. The number of benzene rings is 3. The van der Waals surface area contributed by atoms with Gasteiger partial charge < -0.3 is 9.13 Å². The highest BCUT2D eigenvalue weighted by atomic mass is 79.9. The van der Waals surface area contributed by atoms with Crippen molar-refractivity contribution in [1.29, 1.82) is 0 Å². The van der Waals surface area contributed by atoms with Gasteiger partial charge in [-0.15, -0.1) is 0 Å². The largest absolute Gasteiger partial charge is 0.416 e. The molecule has 0 N–H and O–H groups in total. The van der Waals surface area contributed by atoms with E-state index in [-0.39, 0.29) is 0 Å². The third-order valence-corrected chi connectivity index (χ3v) is 7.18. The van der Waals surface area contributed by atoms with E-state index in [1.165, 1.54) is 17.0 Å². The highest BCUT2D eigenvalue weighted by Gasteiger charge is 2.30. The van der Waals surface area contributed by atoms with Crippen molar-refractivity contribution in [3.8, 4) is 22.6 Å². The van der Waals surface area contributed by atoms with Gasteiger partial charge in [-0.1, -0.05) is 46.3 Å².